The summed E-state index contributed by atoms with van der Waals surface area (Å²) in [7, 11) is 0. The number of aromatic nitrogens is 1. The quantitative estimate of drug-likeness (QED) is 0.140. The molecule has 0 amide bonds. The van der Waals surface area contributed by atoms with Crippen molar-refractivity contribution in [1.29, 1.82) is 0 Å². The van der Waals surface area contributed by atoms with Gasteiger partial charge in [-0.05, 0) is 128 Å². The number of para-hydroxylation sites is 2. The number of anilines is 3. The van der Waals surface area contributed by atoms with E-state index in [1.807, 2.05) is 0 Å². The molecule has 0 N–H and O–H groups in total. The molecule has 0 aliphatic heterocycles. The Morgan fingerprint density at radius 2 is 0.768 bits per heavy atom. The molecule has 0 spiro atoms. The first-order valence-electron chi connectivity index (χ1n) is 23.8. The molecule has 2 heteroatoms. The van der Waals surface area contributed by atoms with E-state index in [1.54, 1.807) is 0 Å². The summed E-state index contributed by atoms with van der Waals surface area (Å²) in [5.74, 6) is 0. The Morgan fingerprint density at radius 1 is 0.304 bits per heavy atom. The van der Waals surface area contributed by atoms with Crippen molar-refractivity contribution in [3.8, 4) is 50.2 Å². The van der Waals surface area contributed by atoms with Crippen LogP contribution in [0, 0.1) is 0 Å². The van der Waals surface area contributed by atoms with Crippen LogP contribution in [0.15, 0.2) is 279 Å². The number of hydrogen-bond acceptors (Lipinski definition) is 1. The second-order valence-corrected chi connectivity index (χ2v) is 18.0. The third-order valence-corrected chi connectivity index (χ3v) is 14.3. The summed E-state index contributed by atoms with van der Waals surface area (Å²) in [5, 5.41) is 2.48. The number of nitrogens with zero attached hydrogens (tertiary/aromatic N) is 2. The van der Waals surface area contributed by atoms with E-state index in [1.165, 1.54) is 88.6 Å². The van der Waals surface area contributed by atoms with Gasteiger partial charge in [0.05, 0.1) is 22.1 Å². The number of rotatable bonds is 9. The van der Waals surface area contributed by atoms with Gasteiger partial charge in [0, 0.05) is 33.4 Å². The van der Waals surface area contributed by atoms with Crippen LogP contribution in [-0.4, -0.2) is 4.57 Å². The van der Waals surface area contributed by atoms with Gasteiger partial charge in [-0.2, -0.15) is 0 Å². The number of fused-ring (bicyclic) bond motifs is 6. The van der Waals surface area contributed by atoms with Gasteiger partial charge in [-0.3, -0.25) is 0 Å². The van der Waals surface area contributed by atoms with Gasteiger partial charge in [0.2, 0.25) is 0 Å². The van der Waals surface area contributed by atoms with Crippen molar-refractivity contribution in [3.05, 3.63) is 301 Å². The lowest BCUT2D eigenvalue weighted by Crippen LogP contribution is -2.28. The fourth-order valence-electron chi connectivity index (χ4n) is 11.2. The van der Waals surface area contributed by atoms with E-state index < -0.39 is 5.41 Å². The highest BCUT2D eigenvalue weighted by molar-refractivity contribution is 6.10. The first-order chi connectivity index (χ1) is 34.2. The van der Waals surface area contributed by atoms with Crippen LogP contribution in [0.2, 0.25) is 0 Å². The minimum Gasteiger partial charge on any atom is -0.310 e. The van der Waals surface area contributed by atoms with Gasteiger partial charge in [0.1, 0.15) is 0 Å². The molecule has 0 bridgehead atoms. The molecule has 13 rings (SSSR count). The van der Waals surface area contributed by atoms with Gasteiger partial charge >= 0.3 is 0 Å². The first kappa shape index (κ1) is 40.3. The summed E-state index contributed by atoms with van der Waals surface area (Å²) in [4.78, 5) is 2.46. The second-order valence-electron chi connectivity index (χ2n) is 18.0. The fourth-order valence-corrected chi connectivity index (χ4v) is 11.2. The van der Waals surface area contributed by atoms with Crippen LogP contribution in [0.5, 0.6) is 0 Å². The zero-order valence-electron chi connectivity index (χ0n) is 38.0. The molecule has 0 saturated heterocycles. The van der Waals surface area contributed by atoms with Crippen molar-refractivity contribution in [2.45, 2.75) is 5.41 Å². The maximum atomic E-state index is 2.49. The van der Waals surface area contributed by atoms with Gasteiger partial charge in [0.15, 0.2) is 0 Å². The van der Waals surface area contributed by atoms with Crippen LogP contribution in [0.25, 0.3) is 72.0 Å². The molecule has 0 atom stereocenters. The maximum absolute atomic E-state index is 2.49. The normalized spacial score (nSPS) is 12.5. The standard InChI is InChI=1S/C67H46N2/c1-6-19-47(20-7-1)49-33-39-56(40-34-49)68(57-41-35-50(36-42-57)48-21-8-2-9-22-48)65-32-18-30-61-66(65)59-43-37-52(46-62(59)67(61,53-23-10-3-11-24-53)54-25-12-4-13-26-54)51-38-44-64-60(45-51)58-29-16-17-31-63(58)69(64)55-27-14-5-15-28-55/h1-46H. The van der Waals surface area contributed by atoms with Crippen molar-refractivity contribution in [1.82, 2.24) is 4.57 Å². The average molecular weight is 879 g/mol. The van der Waals surface area contributed by atoms with Gasteiger partial charge < -0.3 is 9.47 Å². The summed E-state index contributed by atoms with van der Waals surface area (Å²) in [6.07, 6.45) is 0. The molecule has 324 valence electrons. The van der Waals surface area contributed by atoms with Crippen LogP contribution < -0.4 is 4.90 Å². The number of hydrogen-bond donors (Lipinski definition) is 0. The Hall–Kier alpha value is -8.98. The summed E-state index contributed by atoms with van der Waals surface area (Å²) in [5.41, 5.74) is 20.8. The predicted octanol–water partition coefficient (Wildman–Crippen LogP) is 17.6. The van der Waals surface area contributed by atoms with Crippen molar-refractivity contribution >= 4 is 38.9 Å². The Morgan fingerprint density at radius 3 is 1.36 bits per heavy atom. The van der Waals surface area contributed by atoms with Crippen LogP contribution in [0.3, 0.4) is 0 Å². The van der Waals surface area contributed by atoms with Crippen molar-refractivity contribution in [2.24, 2.45) is 0 Å². The lowest BCUT2D eigenvalue weighted by atomic mass is 9.67. The molecule has 1 aromatic heterocycles. The molecule has 11 aromatic carbocycles. The Bertz CT molecular complexity index is 3660. The summed E-state index contributed by atoms with van der Waals surface area (Å²) >= 11 is 0. The van der Waals surface area contributed by atoms with Crippen LogP contribution >= 0.6 is 0 Å². The van der Waals surface area contributed by atoms with Gasteiger partial charge in [0.25, 0.3) is 0 Å². The van der Waals surface area contributed by atoms with Crippen molar-refractivity contribution in [2.75, 3.05) is 4.90 Å². The van der Waals surface area contributed by atoms with E-state index in [4.69, 9.17) is 0 Å². The van der Waals surface area contributed by atoms with Gasteiger partial charge in [-0.15, -0.1) is 0 Å². The van der Waals surface area contributed by atoms with Crippen molar-refractivity contribution in [3.63, 3.8) is 0 Å². The molecule has 2 nitrogen and oxygen atoms in total. The van der Waals surface area contributed by atoms with E-state index in [0.717, 1.165) is 22.7 Å². The lowest BCUT2D eigenvalue weighted by Gasteiger charge is -2.34. The monoisotopic (exact) mass is 878 g/mol. The minimum absolute atomic E-state index is 0.618. The summed E-state index contributed by atoms with van der Waals surface area (Å²) < 4.78 is 2.39. The zero-order chi connectivity index (χ0) is 45.7. The van der Waals surface area contributed by atoms with Crippen molar-refractivity contribution < 1.29 is 0 Å². The average Bonchev–Trinajstić information content (AvgIpc) is 3.93. The van der Waals surface area contributed by atoms with E-state index >= 15 is 0 Å². The first-order valence-corrected chi connectivity index (χ1v) is 23.8. The molecule has 0 unspecified atom stereocenters. The highest BCUT2D eigenvalue weighted by atomic mass is 15.1. The molecule has 0 radical (unpaired) electrons. The minimum atomic E-state index is -0.618. The van der Waals surface area contributed by atoms with E-state index in [-0.39, 0.29) is 0 Å². The molecule has 0 saturated carbocycles. The molecule has 69 heavy (non-hydrogen) atoms. The highest BCUT2D eigenvalue weighted by Crippen LogP contribution is 2.60. The summed E-state index contributed by atoms with van der Waals surface area (Å²) in [6.45, 7) is 0. The molecule has 1 heterocycles. The largest absolute Gasteiger partial charge is 0.310 e. The molecule has 1 aliphatic carbocycles. The SMILES string of the molecule is c1ccc(-c2ccc(N(c3ccc(-c4ccccc4)cc3)c3cccc4c3-c3ccc(-c5ccc6c(c5)c5ccccc5n6-c5ccccc5)cc3C4(c3ccccc3)c3ccccc3)cc2)cc1. The second kappa shape index (κ2) is 16.7. The Balaban J connectivity index is 1.05. The Kier molecular flexibility index (Phi) is 9.77. The molecular weight excluding hydrogens is 833 g/mol. The molecular formula is C67H46N2. The molecule has 12 aromatic rings. The van der Waals surface area contributed by atoms with Crippen LogP contribution in [0.1, 0.15) is 22.3 Å². The number of benzene rings is 11. The topological polar surface area (TPSA) is 8.17 Å². The van der Waals surface area contributed by atoms with Crippen LogP contribution in [-0.2, 0) is 5.41 Å². The molecule has 0 fully saturated rings. The summed E-state index contributed by atoms with van der Waals surface area (Å²) in [6, 6.07) is 102. The third-order valence-electron chi connectivity index (χ3n) is 14.3. The Labute approximate surface area is 403 Å². The maximum Gasteiger partial charge on any atom is 0.0714 e. The fraction of sp³-hybridized carbons (Fsp3) is 0.0149. The molecule has 1 aliphatic rings. The lowest BCUT2D eigenvalue weighted by molar-refractivity contribution is 0.769. The van der Waals surface area contributed by atoms with Crippen LogP contribution in [0.4, 0.5) is 17.1 Å². The van der Waals surface area contributed by atoms with E-state index in [2.05, 4.69) is 289 Å². The van der Waals surface area contributed by atoms with E-state index in [0.29, 0.717) is 0 Å². The predicted molar refractivity (Wildman–Crippen MR) is 289 cm³/mol. The van der Waals surface area contributed by atoms with Gasteiger partial charge in [-0.25, -0.2) is 0 Å². The highest BCUT2D eigenvalue weighted by Gasteiger charge is 2.47. The van der Waals surface area contributed by atoms with E-state index in [9.17, 15) is 0 Å². The smallest absolute Gasteiger partial charge is 0.0714 e. The zero-order valence-corrected chi connectivity index (χ0v) is 38.0. The third kappa shape index (κ3) is 6.64. The van der Waals surface area contributed by atoms with Gasteiger partial charge in [-0.1, -0.05) is 212 Å².